The second kappa shape index (κ2) is 7.95. The second-order valence-corrected chi connectivity index (χ2v) is 8.40. The largest absolute Gasteiger partial charge is 0.497 e. The average Bonchev–Trinajstić information content (AvgIpc) is 3.35. The Morgan fingerprint density at radius 3 is 2.59 bits per heavy atom. The van der Waals surface area contributed by atoms with Crippen LogP contribution in [0.15, 0.2) is 78.6 Å². The summed E-state index contributed by atoms with van der Waals surface area (Å²) in [5.74, 6) is 2.96. The van der Waals surface area contributed by atoms with Crippen molar-refractivity contribution in [3.63, 3.8) is 0 Å². The van der Waals surface area contributed by atoms with Crippen LogP contribution in [0.2, 0.25) is 0 Å². The Morgan fingerprint density at radius 2 is 1.79 bits per heavy atom. The minimum atomic E-state index is -0.337. The zero-order valence-electron chi connectivity index (χ0n) is 19.1. The predicted molar refractivity (Wildman–Crippen MR) is 129 cm³/mol. The summed E-state index contributed by atoms with van der Waals surface area (Å²) in [5, 5.41) is 8.12. The molecular formula is C27H24N4O3. The Balaban J connectivity index is 1.65. The molecule has 0 radical (unpaired) electrons. The van der Waals surface area contributed by atoms with Crippen LogP contribution in [0.25, 0.3) is 5.70 Å². The molecule has 2 aliphatic rings. The lowest BCUT2D eigenvalue weighted by Gasteiger charge is -2.39. The average molecular weight is 453 g/mol. The predicted octanol–water partition coefficient (Wildman–Crippen LogP) is 5.16. The van der Waals surface area contributed by atoms with Crippen molar-refractivity contribution < 1.29 is 14.2 Å². The van der Waals surface area contributed by atoms with Gasteiger partial charge < -0.3 is 19.5 Å². The molecule has 4 aromatic rings. The van der Waals surface area contributed by atoms with Gasteiger partial charge in [-0.3, -0.25) is 0 Å². The van der Waals surface area contributed by atoms with E-state index in [-0.39, 0.29) is 12.1 Å². The molecule has 2 atom stereocenters. The van der Waals surface area contributed by atoms with Crippen LogP contribution in [0.3, 0.4) is 0 Å². The molecule has 0 unspecified atom stereocenters. The maximum atomic E-state index is 6.67. The number of aryl methyl sites for hydroxylation is 1. The Labute approximate surface area is 197 Å². The summed E-state index contributed by atoms with van der Waals surface area (Å²) < 4.78 is 19.9. The molecule has 3 aromatic carbocycles. The Morgan fingerprint density at radius 1 is 0.971 bits per heavy atom. The van der Waals surface area contributed by atoms with Gasteiger partial charge in [0.15, 0.2) is 0 Å². The van der Waals surface area contributed by atoms with E-state index in [0.29, 0.717) is 5.95 Å². The molecule has 1 aromatic heterocycles. The van der Waals surface area contributed by atoms with Crippen LogP contribution in [0.1, 0.15) is 34.4 Å². The van der Waals surface area contributed by atoms with Crippen molar-refractivity contribution in [3.8, 4) is 17.2 Å². The monoisotopic (exact) mass is 452 g/mol. The van der Waals surface area contributed by atoms with Gasteiger partial charge in [-0.2, -0.15) is 10.1 Å². The standard InChI is InChI=1S/C27H24N4O3/c1-16-8-10-17(11-9-16)26-23-24(19-6-4-5-7-22(19)34-26)30-27-28-15-29-31(27)25(23)20-14-18(32-2)12-13-21(20)33-3/h4-15,25-26H,1-3H3,(H,28,29,30)/t25-,26+/m1/s1. The smallest absolute Gasteiger partial charge is 0.226 e. The lowest BCUT2D eigenvalue weighted by atomic mass is 9.84. The molecule has 0 bridgehead atoms. The fourth-order valence-electron chi connectivity index (χ4n) is 4.79. The molecule has 7 nitrogen and oxygen atoms in total. The lowest BCUT2D eigenvalue weighted by molar-refractivity contribution is 0.222. The van der Waals surface area contributed by atoms with Gasteiger partial charge in [-0.05, 0) is 42.8 Å². The molecule has 34 heavy (non-hydrogen) atoms. The molecule has 0 fully saturated rings. The van der Waals surface area contributed by atoms with E-state index in [1.54, 1.807) is 20.5 Å². The number of para-hydroxylation sites is 1. The molecule has 0 spiro atoms. The third-order valence-corrected chi connectivity index (χ3v) is 6.43. The summed E-state index contributed by atoms with van der Waals surface area (Å²) in [6.07, 6.45) is 1.23. The van der Waals surface area contributed by atoms with Gasteiger partial charge >= 0.3 is 0 Å². The molecular weight excluding hydrogens is 428 g/mol. The molecule has 3 heterocycles. The highest BCUT2D eigenvalue weighted by atomic mass is 16.5. The van der Waals surface area contributed by atoms with E-state index in [1.807, 2.05) is 41.1 Å². The van der Waals surface area contributed by atoms with E-state index in [0.717, 1.165) is 45.2 Å². The van der Waals surface area contributed by atoms with Gasteiger partial charge in [0.2, 0.25) is 5.95 Å². The third-order valence-electron chi connectivity index (χ3n) is 6.43. The second-order valence-electron chi connectivity index (χ2n) is 8.40. The van der Waals surface area contributed by atoms with Crippen molar-refractivity contribution in [1.82, 2.24) is 14.8 Å². The maximum Gasteiger partial charge on any atom is 0.226 e. The van der Waals surface area contributed by atoms with Crippen LogP contribution in [0.4, 0.5) is 5.95 Å². The Hall–Kier alpha value is -4.26. The number of benzene rings is 3. The number of hydrogen-bond acceptors (Lipinski definition) is 6. The molecule has 1 N–H and O–H groups in total. The number of fused-ring (bicyclic) bond motifs is 3. The number of hydrogen-bond donors (Lipinski definition) is 1. The first-order chi connectivity index (χ1) is 16.7. The van der Waals surface area contributed by atoms with Gasteiger partial charge in [0, 0.05) is 16.7 Å². The number of aromatic nitrogens is 3. The number of ether oxygens (including phenoxy) is 3. The number of nitrogens with one attached hydrogen (secondary N) is 1. The van der Waals surface area contributed by atoms with Crippen LogP contribution in [0.5, 0.6) is 17.2 Å². The van der Waals surface area contributed by atoms with Crippen molar-refractivity contribution in [2.75, 3.05) is 19.5 Å². The van der Waals surface area contributed by atoms with Crippen molar-refractivity contribution >= 4 is 11.6 Å². The molecule has 0 aliphatic carbocycles. The highest BCUT2D eigenvalue weighted by molar-refractivity contribution is 5.85. The van der Waals surface area contributed by atoms with Crippen LogP contribution < -0.4 is 19.5 Å². The molecule has 2 aliphatic heterocycles. The minimum Gasteiger partial charge on any atom is -0.497 e. The van der Waals surface area contributed by atoms with E-state index in [4.69, 9.17) is 14.2 Å². The number of methoxy groups -OCH3 is 2. The summed E-state index contributed by atoms with van der Waals surface area (Å²) >= 11 is 0. The number of nitrogens with zero attached hydrogens (tertiary/aromatic N) is 3. The van der Waals surface area contributed by atoms with Crippen molar-refractivity contribution in [2.45, 2.75) is 19.1 Å². The van der Waals surface area contributed by atoms with Crippen molar-refractivity contribution in [1.29, 1.82) is 0 Å². The maximum absolute atomic E-state index is 6.67. The Kier molecular flexibility index (Phi) is 4.76. The molecule has 6 rings (SSSR count). The summed E-state index contributed by atoms with van der Waals surface area (Å²) in [6.45, 7) is 2.08. The minimum absolute atomic E-state index is 0.321. The van der Waals surface area contributed by atoms with Gasteiger partial charge in [-0.25, -0.2) is 4.68 Å². The van der Waals surface area contributed by atoms with Crippen molar-refractivity contribution in [3.05, 3.63) is 101 Å². The van der Waals surface area contributed by atoms with Gasteiger partial charge in [0.25, 0.3) is 0 Å². The first kappa shape index (κ1) is 20.4. The van der Waals surface area contributed by atoms with Gasteiger partial charge in [0.1, 0.15) is 35.7 Å². The van der Waals surface area contributed by atoms with Crippen LogP contribution in [0, 0.1) is 6.92 Å². The van der Waals surface area contributed by atoms with Gasteiger partial charge in [-0.15, -0.1) is 0 Å². The molecule has 0 amide bonds. The topological polar surface area (TPSA) is 70.4 Å². The Bertz CT molecular complexity index is 1410. The van der Waals surface area contributed by atoms with Crippen LogP contribution >= 0.6 is 0 Å². The molecule has 170 valence electrons. The lowest BCUT2D eigenvalue weighted by Crippen LogP contribution is -2.32. The van der Waals surface area contributed by atoms with Gasteiger partial charge in [-0.1, -0.05) is 42.0 Å². The van der Waals surface area contributed by atoms with E-state index < -0.39 is 0 Å². The van der Waals surface area contributed by atoms with Crippen LogP contribution in [-0.2, 0) is 0 Å². The zero-order chi connectivity index (χ0) is 23.2. The van der Waals surface area contributed by atoms with E-state index >= 15 is 0 Å². The normalized spacial score (nSPS) is 18.2. The van der Waals surface area contributed by atoms with E-state index in [2.05, 4.69) is 52.7 Å². The third kappa shape index (κ3) is 3.12. The molecule has 0 saturated heterocycles. The number of anilines is 1. The first-order valence-electron chi connectivity index (χ1n) is 11.1. The summed E-state index contributed by atoms with van der Waals surface area (Å²) in [5.41, 5.74) is 6.17. The SMILES string of the molecule is COc1ccc(OC)c([C@@H]2C3=C(Nc4ncnn42)c2ccccc2O[C@H]3c2ccc(C)cc2)c1. The number of rotatable bonds is 4. The fourth-order valence-corrected chi connectivity index (χ4v) is 4.79. The van der Waals surface area contributed by atoms with Gasteiger partial charge in [0.05, 0.1) is 19.9 Å². The van der Waals surface area contributed by atoms with Crippen LogP contribution in [-0.4, -0.2) is 29.0 Å². The summed E-state index contributed by atoms with van der Waals surface area (Å²) in [6, 6.07) is 22.0. The first-order valence-corrected chi connectivity index (χ1v) is 11.1. The molecule has 7 heteroatoms. The fraction of sp³-hybridized carbons (Fsp3) is 0.185. The highest BCUT2D eigenvalue weighted by Gasteiger charge is 2.42. The van der Waals surface area contributed by atoms with E-state index in [1.165, 1.54) is 5.56 Å². The summed E-state index contributed by atoms with van der Waals surface area (Å²) in [4.78, 5) is 4.50. The van der Waals surface area contributed by atoms with E-state index in [9.17, 15) is 0 Å². The molecule has 0 saturated carbocycles. The quantitative estimate of drug-likeness (QED) is 0.461. The summed E-state index contributed by atoms with van der Waals surface area (Å²) in [7, 11) is 3.34. The highest BCUT2D eigenvalue weighted by Crippen LogP contribution is 2.52. The zero-order valence-corrected chi connectivity index (χ0v) is 19.1. The van der Waals surface area contributed by atoms with Crippen molar-refractivity contribution in [2.24, 2.45) is 0 Å².